The lowest BCUT2D eigenvalue weighted by Gasteiger charge is -2.15. The first-order chi connectivity index (χ1) is 9.45. The lowest BCUT2D eigenvalue weighted by molar-refractivity contribution is -0.386. The number of rotatable bonds is 4. The SMILES string of the molecule is O=c1c([N+](=O)[O-])c[nH]c2ccc(C(O)C(O)CCl)cc12. The van der Waals surface area contributed by atoms with E-state index in [1.165, 1.54) is 18.2 Å². The van der Waals surface area contributed by atoms with Crippen molar-refractivity contribution in [1.82, 2.24) is 4.98 Å². The monoisotopic (exact) mass is 298 g/mol. The van der Waals surface area contributed by atoms with Gasteiger partial charge in [0.2, 0.25) is 0 Å². The Morgan fingerprint density at radius 1 is 1.40 bits per heavy atom. The normalized spacial score (nSPS) is 14.2. The standard InChI is InChI=1S/C12H11ClN2O5/c13-4-10(16)11(17)6-1-2-8-7(3-6)12(18)9(5-14-8)15(19)20/h1-3,5,10-11,16-17H,4H2,(H,14,18). The van der Waals surface area contributed by atoms with E-state index in [0.717, 1.165) is 6.20 Å². The van der Waals surface area contributed by atoms with Gasteiger partial charge in [0.05, 0.1) is 28.5 Å². The summed E-state index contributed by atoms with van der Waals surface area (Å²) in [5.41, 5.74) is -0.672. The molecule has 1 aromatic carbocycles. The maximum atomic E-state index is 12.0. The van der Waals surface area contributed by atoms with Gasteiger partial charge < -0.3 is 15.2 Å². The Kier molecular flexibility index (Phi) is 4.03. The molecule has 0 amide bonds. The Bertz CT molecular complexity index is 715. The molecule has 2 aromatic rings. The number of halogens is 1. The van der Waals surface area contributed by atoms with Gasteiger partial charge in [-0.3, -0.25) is 14.9 Å². The summed E-state index contributed by atoms with van der Waals surface area (Å²) in [6, 6.07) is 4.31. The molecule has 2 rings (SSSR count). The maximum absolute atomic E-state index is 12.0. The number of pyridine rings is 1. The summed E-state index contributed by atoms with van der Waals surface area (Å²) >= 11 is 5.45. The average molecular weight is 299 g/mol. The van der Waals surface area contributed by atoms with Crippen LogP contribution in [0.2, 0.25) is 0 Å². The number of nitrogens with zero attached hydrogens (tertiary/aromatic N) is 1. The fourth-order valence-corrected chi connectivity index (χ4v) is 2.02. The van der Waals surface area contributed by atoms with Crippen molar-refractivity contribution < 1.29 is 15.1 Å². The van der Waals surface area contributed by atoms with Crippen molar-refractivity contribution in [2.45, 2.75) is 12.2 Å². The zero-order valence-corrected chi connectivity index (χ0v) is 10.9. The minimum atomic E-state index is -1.27. The number of nitrogens with one attached hydrogen (secondary N) is 1. The van der Waals surface area contributed by atoms with E-state index in [1.54, 1.807) is 0 Å². The zero-order chi connectivity index (χ0) is 14.9. The molecular formula is C12H11ClN2O5. The van der Waals surface area contributed by atoms with Crippen LogP contribution in [-0.2, 0) is 0 Å². The molecular weight excluding hydrogens is 288 g/mol. The van der Waals surface area contributed by atoms with Gasteiger partial charge in [0.1, 0.15) is 6.10 Å². The lowest BCUT2D eigenvalue weighted by Crippen LogP contribution is -2.20. The Balaban J connectivity index is 2.60. The fourth-order valence-electron chi connectivity index (χ4n) is 1.85. The number of aromatic nitrogens is 1. The highest BCUT2D eigenvalue weighted by Gasteiger charge is 2.20. The highest BCUT2D eigenvalue weighted by molar-refractivity contribution is 6.18. The number of hydrogen-bond acceptors (Lipinski definition) is 5. The number of benzene rings is 1. The summed E-state index contributed by atoms with van der Waals surface area (Å²) in [6.07, 6.45) is -1.43. The Morgan fingerprint density at radius 2 is 2.10 bits per heavy atom. The molecule has 0 saturated heterocycles. The third-order valence-corrected chi connectivity index (χ3v) is 3.26. The van der Waals surface area contributed by atoms with E-state index in [4.69, 9.17) is 11.6 Å². The van der Waals surface area contributed by atoms with Gasteiger partial charge in [-0.1, -0.05) is 6.07 Å². The van der Waals surface area contributed by atoms with Crippen LogP contribution in [0.5, 0.6) is 0 Å². The van der Waals surface area contributed by atoms with E-state index >= 15 is 0 Å². The average Bonchev–Trinajstić information content (AvgIpc) is 2.45. The minimum Gasteiger partial charge on any atom is -0.389 e. The number of aliphatic hydroxyl groups is 2. The van der Waals surface area contributed by atoms with Crippen molar-refractivity contribution in [2.75, 3.05) is 5.88 Å². The number of alkyl halides is 1. The predicted octanol–water partition coefficient (Wildman–Crippen LogP) is 1.07. The number of fused-ring (bicyclic) bond motifs is 1. The Morgan fingerprint density at radius 3 is 2.70 bits per heavy atom. The van der Waals surface area contributed by atoms with Gasteiger partial charge in [0.25, 0.3) is 5.43 Å². The molecule has 20 heavy (non-hydrogen) atoms. The smallest absolute Gasteiger partial charge is 0.332 e. The molecule has 0 aliphatic carbocycles. The molecule has 0 fully saturated rings. The van der Waals surface area contributed by atoms with E-state index < -0.39 is 28.2 Å². The quantitative estimate of drug-likeness (QED) is 0.443. The second kappa shape index (κ2) is 5.58. The van der Waals surface area contributed by atoms with Crippen LogP contribution in [0.4, 0.5) is 5.69 Å². The summed E-state index contributed by atoms with van der Waals surface area (Å²) in [6.45, 7) is 0. The molecule has 7 nitrogen and oxygen atoms in total. The van der Waals surface area contributed by atoms with Crippen LogP contribution in [-0.4, -0.2) is 32.1 Å². The van der Waals surface area contributed by atoms with Gasteiger partial charge >= 0.3 is 5.69 Å². The molecule has 1 heterocycles. The van der Waals surface area contributed by atoms with Gasteiger partial charge in [-0.05, 0) is 17.7 Å². The molecule has 2 unspecified atom stereocenters. The van der Waals surface area contributed by atoms with E-state index in [1.807, 2.05) is 0 Å². The van der Waals surface area contributed by atoms with Gasteiger partial charge in [-0.25, -0.2) is 0 Å². The van der Waals surface area contributed by atoms with Crippen LogP contribution in [0.3, 0.4) is 0 Å². The molecule has 0 aliphatic heterocycles. The second-order valence-electron chi connectivity index (χ2n) is 4.23. The van der Waals surface area contributed by atoms with Crippen molar-refractivity contribution in [3.8, 4) is 0 Å². The van der Waals surface area contributed by atoms with Crippen molar-refractivity contribution in [3.05, 3.63) is 50.3 Å². The molecule has 0 radical (unpaired) electrons. The van der Waals surface area contributed by atoms with E-state index in [-0.39, 0.29) is 16.8 Å². The largest absolute Gasteiger partial charge is 0.389 e. The zero-order valence-electron chi connectivity index (χ0n) is 10.1. The first-order valence-electron chi connectivity index (χ1n) is 5.67. The number of aliphatic hydroxyl groups excluding tert-OH is 2. The Hall–Kier alpha value is -1.96. The second-order valence-corrected chi connectivity index (χ2v) is 4.54. The summed E-state index contributed by atoms with van der Waals surface area (Å²) in [7, 11) is 0. The van der Waals surface area contributed by atoms with Crippen molar-refractivity contribution >= 4 is 28.2 Å². The van der Waals surface area contributed by atoms with Crippen LogP contribution in [0.1, 0.15) is 11.7 Å². The van der Waals surface area contributed by atoms with Crippen molar-refractivity contribution in [2.24, 2.45) is 0 Å². The van der Waals surface area contributed by atoms with Crippen LogP contribution >= 0.6 is 11.6 Å². The highest BCUT2D eigenvalue weighted by Crippen LogP contribution is 2.21. The predicted molar refractivity (Wildman–Crippen MR) is 72.9 cm³/mol. The summed E-state index contributed by atoms with van der Waals surface area (Å²) in [4.78, 5) is 24.5. The maximum Gasteiger partial charge on any atom is 0.332 e. The third kappa shape index (κ3) is 2.51. The minimum absolute atomic E-state index is 0.0672. The Labute approximate surface area is 117 Å². The van der Waals surface area contributed by atoms with Gasteiger partial charge in [-0.15, -0.1) is 11.6 Å². The van der Waals surface area contributed by atoms with Crippen LogP contribution < -0.4 is 5.43 Å². The van der Waals surface area contributed by atoms with Gasteiger partial charge in [0.15, 0.2) is 0 Å². The van der Waals surface area contributed by atoms with Crippen molar-refractivity contribution in [3.63, 3.8) is 0 Å². The molecule has 2 atom stereocenters. The van der Waals surface area contributed by atoms with Crippen LogP contribution in [0.25, 0.3) is 10.9 Å². The molecule has 0 spiro atoms. The first-order valence-corrected chi connectivity index (χ1v) is 6.21. The van der Waals surface area contributed by atoms with Gasteiger partial charge in [-0.2, -0.15) is 0 Å². The van der Waals surface area contributed by atoms with Crippen LogP contribution in [0, 0.1) is 10.1 Å². The molecule has 0 bridgehead atoms. The molecule has 3 N–H and O–H groups in total. The number of nitro groups is 1. The lowest BCUT2D eigenvalue weighted by atomic mass is 10.0. The molecule has 0 saturated carbocycles. The fraction of sp³-hybridized carbons (Fsp3) is 0.250. The summed E-state index contributed by atoms with van der Waals surface area (Å²) in [5.74, 6) is -0.176. The topological polar surface area (TPSA) is 116 Å². The number of aromatic amines is 1. The van der Waals surface area contributed by atoms with Crippen LogP contribution in [0.15, 0.2) is 29.2 Å². The number of hydrogen-bond donors (Lipinski definition) is 3. The van der Waals surface area contributed by atoms with Gasteiger partial charge in [0, 0.05) is 5.52 Å². The summed E-state index contributed by atoms with van der Waals surface area (Å²) in [5, 5.41) is 30.1. The van der Waals surface area contributed by atoms with E-state index in [2.05, 4.69) is 4.98 Å². The summed E-state index contributed by atoms with van der Waals surface area (Å²) < 4.78 is 0. The molecule has 0 aliphatic rings. The van der Waals surface area contributed by atoms with E-state index in [0.29, 0.717) is 5.52 Å². The third-order valence-electron chi connectivity index (χ3n) is 2.95. The molecule has 1 aromatic heterocycles. The first kappa shape index (κ1) is 14.4. The number of H-pyrrole nitrogens is 1. The van der Waals surface area contributed by atoms with Crippen molar-refractivity contribution in [1.29, 1.82) is 0 Å². The highest BCUT2D eigenvalue weighted by atomic mass is 35.5. The van der Waals surface area contributed by atoms with E-state index in [9.17, 15) is 25.1 Å². The molecule has 106 valence electrons. The molecule has 8 heteroatoms.